The molecule has 1 unspecified atom stereocenters. The van der Waals surface area contributed by atoms with E-state index in [0.29, 0.717) is 13.0 Å². The number of hydrogen-bond acceptors (Lipinski definition) is 4. The van der Waals surface area contributed by atoms with Gasteiger partial charge in [-0.25, -0.2) is 9.59 Å². The zero-order valence-electron chi connectivity index (χ0n) is 11.9. The molecule has 0 rings (SSSR count). The maximum Gasteiger partial charge on any atom is 0.326 e. The molecule has 0 aliphatic carbocycles. The van der Waals surface area contributed by atoms with Crippen LogP contribution in [0.25, 0.3) is 0 Å². The molecule has 0 aliphatic rings. The van der Waals surface area contributed by atoms with Gasteiger partial charge in [0.1, 0.15) is 6.04 Å². The van der Waals surface area contributed by atoms with Gasteiger partial charge in [-0.2, -0.15) is 0 Å². The first-order valence-electron chi connectivity index (χ1n) is 6.19. The molecule has 0 aliphatic heterocycles. The SMILES string of the molecule is COCC(CNC(=O)N[C@H](CC(C)C)C(=O)O)OC. The first-order chi connectivity index (χ1) is 8.90. The van der Waals surface area contributed by atoms with Crippen molar-refractivity contribution in [2.24, 2.45) is 5.92 Å². The number of rotatable bonds is 9. The summed E-state index contributed by atoms with van der Waals surface area (Å²) in [6.07, 6.45) is 0.123. The van der Waals surface area contributed by atoms with E-state index in [1.165, 1.54) is 14.2 Å². The Balaban J connectivity index is 4.15. The largest absolute Gasteiger partial charge is 0.480 e. The minimum atomic E-state index is -1.04. The van der Waals surface area contributed by atoms with Gasteiger partial charge in [0, 0.05) is 20.8 Å². The van der Waals surface area contributed by atoms with Crippen LogP contribution in [0.5, 0.6) is 0 Å². The van der Waals surface area contributed by atoms with Crippen LogP contribution in [0, 0.1) is 5.92 Å². The lowest BCUT2D eigenvalue weighted by molar-refractivity contribution is -0.139. The Hall–Kier alpha value is -1.34. The summed E-state index contributed by atoms with van der Waals surface area (Å²) >= 11 is 0. The molecule has 7 nitrogen and oxygen atoms in total. The van der Waals surface area contributed by atoms with Crippen molar-refractivity contribution in [2.75, 3.05) is 27.4 Å². The summed E-state index contributed by atoms with van der Waals surface area (Å²) in [5, 5.41) is 14.0. The third-order valence-corrected chi connectivity index (χ3v) is 2.49. The average molecular weight is 276 g/mol. The molecule has 19 heavy (non-hydrogen) atoms. The maximum atomic E-state index is 11.6. The molecule has 7 heteroatoms. The Labute approximate surface area is 113 Å². The molecule has 2 atom stereocenters. The molecule has 0 radical (unpaired) electrons. The number of nitrogens with one attached hydrogen (secondary N) is 2. The van der Waals surface area contributed by atoms with E-state index in [1.54, 1.807) is 0 Å². The molecule has 0 aromatic heterocycles. The van der Waals surface area contributed by atoms with Crippen molar-refractivity contribution in [3.05, 3.63) is 0 Å². The highest BCUT2D eigenvalue weighted by Crippen LogP contribution is 2.04. The van der Waals surface area contributed by atoms with Crippen LogP contribution < -0.4 is 10.6 Å². The lowest BCUT2D eigenvalue weighted by atomic mass is 10.0. The van der Waals surface area contributed by atoms with Crippen molar-refractivity contribution < 1.29 is 24.2 Å². The quantitative estimate of drug-likeness (QED) is 0.568. The maximum absolute atomic E-state index is 11.6. The minimum absolute atomic E-state index is 0.182. The van der Waals surface area contributed by atoms with Crippen molar-refractivity contribution >= 4 is 12.0 Å². The number of carbonyl (C=O) groups is 2. The molecule has 0 bridgehead atoms. The highest BCUT2D eigenvalue weighted by molar-refractivity contribution is 5.82. The van der Waals surface area contributed by atoms with Crippen LogP contribution in [0.3, 0.4) is 0 Å². The predicted molar refractivity (Wildman–Crippen MR) is 70.1 cm³/mol. The number of aliphatic carboxylic acids is 1. The lowest BCUT2D eigenvalue weighted by Gasteiger charge is -2.19. The Kier molecular flexibility index (Phi) is 8.90. The van der Waals surface area contributed by atoms with Crippen molar-refractivity contribution in [2.45, 2.75) is 32.4 Å². The number of hydrogen-bond donors (Lipinski definition) is 3. The second-order valence-electron chi connectivity index (χ2n) is 4.69. The molecular weight excluding hydrogens is 252 g/mol. The van der Waals surface area contributed by atoms with Gasteiger partial charge in [0.2, 0.25) is 0 Å². The number of methoxy groups -OCH3 is 2. The summed E-state index contributed by atoms with van der Waals surface area (Å²) in [6.45, 7) is 4.40. The number of carboxylic acid groups (broad SMARTS) is 1. The normalized spacial score (nSPS) is 13.9. The van der Waals surface area contributed by atoms with E-state index in [4.69, 9.17) is 14.6 Å². The molecule has 3 N–H and O–H groups in total. The molecule has 0 spiro atoms. The summed E-state index contributed by atoms with van der Waals surface area (Å²) in [6, 6.07) is -1.41. The van der Waals surface area contributed by atoms with Crippen molar-refractivity contribution in [1.29, 1.82) is 0 Å². The second kappa shape index (κ2) is 9.57. The number of amides is 2. The van der Waals surface area contributed by atoms with Crippen molar-refractivity contribution in [3.63, 3.8) is 0 Å². The highest BCUT2D eigenvalue weighted by atomic mass is 16.5. The highest BCUT2D eigenvalue weighted by Gasteiger charge is 2.21. The van der Waals surface area contributed by atoms with Gasteiger partial charge in [-0.3, -0.25) is 0 Å². The monoisotopic (exact) mass is 276 g/mol. The molecule has 0 aromatic carbocycles. The van der Waals surface area contributed by atoms with Gasteiger partial charge >= 0.3 is 12.0 Å². The van der Waals surface area contributed by atoms with E-state index in [1.807, 2.05) is 13.8 Å². The van der Waals surface area contributed by atoms with Gasteiger partial charge in [0.05, 0.1) is 12.7 Å². The topological polar surface area (TPSA) is 96.9 Å². The first kappa shape index (κ1) is 17.7. The predicted octanol–water partition coefficient (Wildman–Crippen LogP) is 0.446. The zero-order valence-corrected chi connectivity index (χ0v) is 11.9. The van der Waals surface area contributed by atoms with Crippen LogP contribution in [0.1, 0.15) is 20.3 Å². The van der Waals surface area contributed by atoms with E-state index in [9.17, 15) is 9.59 Å². The van der Waals surface area contributed by atoms with E-state index >= 15 is 0 Å². The third-order valence-electron chi connectivity index (χ3n) is 2.49. The van der Waals surface area contributed by atoms with E-state index in [0.717, 1.165) is 0 Å². The number of ether oxygens (including phenoxy) is 2. The summed E-state index contributed by atoms with van der Waals surface area (Å²) in [5.41, 5.74) is 0. The fourth-order valence-corrected chi connectivity index (χ4v) is 1.50. The molecule has 0 heterocycles. The molecule has 0 saturated carbocycles. The molecule has 2 amide bonds. The van der Waals surface area contributed by atoms with E-state index in [-0.39, 0.29) is 18.6 Å². The average Bonchev–Trinajstić information content (AvgIpc) is 2.32. The van der Waals surface area contributed by atoms with E-state index in [2.05, 4.69) is 10.6 Å². The Morgan fingerprint density at radius 1 is 1.26 bits per heavy atom. The fraction of sp³-hybridized carbons (Fsp3) is 0.833. The number of carboxylic acids is 1. The van der Waals surface area contributed by atoms with Crippen molar-refractivity contribution in [1.82, 2.24) is 10.6 Å². The third kappa shape index (κ3) is 8.39. The molecule has 0 saturated heterocycles. The van der Waals surface area contributed by atoms with Gasteiger partial charge in [0.15, 0.2) is 0 Å². The standard InChI is InChI=1S/C12H24N2O5/c1-8(2)5-10(11(15)16)14-12(17)13-6-9(19-4)7-18-3/h8-10H,5-7H2,1-4H3,(H,15,16)(H2,13,14,17)/t9?,10-/m1/s1. The second-order valence-corrected chi connectivity index (χ2v) is 4.69. The van der Waals surface area contributed by atoms with Gasteiger partial charge in [-0.1, -0.05) is 13.8 Å². The summed E-state index contributed by atoms with van der Waals surface area (Å²) in [7, 11) is 3.05. The summed E-state index contributed by atoms with van der Waals surface area (Å²) in [4.78, 5) is 22.6. The summed E-state index contributed by atoms with van der Waals surface area (Å²) in [5.74, 6) is -0.856. The molecule has 112 valence electrons. The minimum Gasteiger partial charge on any atom is -0.480 e. The summed E-state index contributed by atoms with van der Waals surface area (Å²) < 4.78 is 9.98. The van der Waals surface area contributed by atoms with Crippen LogP contribution in [-0.4, -0.2) is 56.6 Å². The molecule has 0 aromatic rings. The zero-order chi connectivity index (χ0) is 14.8. The Morgan fingerprint density at radius 2 is 1.89 bits per heavy atom. The van der Waals surface area contributed by atoms with Gasteiger partial charge in [-0.15, -0.1) is 0 Å². The van der Waals surface area contributed by atoms with Crippen LogP contribution in [0.4, 0.5) is 4.79 Å². The number of urea groups is 1. The van der Waals surface area contributed by atoms with Crippen LogP contribution in [0.2, 0.25) is 0 Å². The van der Waals surface area contributed by atoms with Crippen LogP contribution >= 0.6 is 0 Å². The van der Waals surface area contributed by atoms with E-state index < -0.39 is 18.0 Å². The van der Waals surface area contributed by atoms with Gasteiger partial charge in [0.25, 0.3) is 0 Å². The fourth-order valence-electron chi connectivity index (χ4n) is 1.50. The molecular formula is C12H24N2O5. The first-order valence-corrected chi connectivity index (χ1v) is 6.19. The molecule has 0 fully saturated rings. The Morgan fingerprint density at radius 3 is 2.32 bits per heavy atom. The lowest BCUT2D eigenvalue weighted by Crippen LogP contribution is -2.48. The van der Waals surface area contributed by atoms with Gasteiger partial charge < -0.3 is 25.2 Å². The number of carbonyl (C=O) groups excluding carboxylic acids is 1. The smallest absolute Gasteiger partial charge is 0.326 e. The Bertz CT molecular complexity index is 283. The van der Waals surface area contributed by atoms with Crippen LogP contribution in [-0.2, 0) is 14.3 Å². The van der Waals surface area contributed by atoms with Crippen molar-refractivity contribution in [3.8, 4) is 0 Å². The van der Waals surface area contributed by atoms with Crippen LogP contribution in [0.15, 0.2) is 0 Å². The van der Waals surface area contributed by atoms with Gasteiger partial charge in [-0.05, 0) is 12.3 Å².